The van der Waals surface area contributed by atoms with Gasteiger partial charge in [0, 0.05) is 6.20 Å². The number of allylic oxidation sites excluding steroid dienone is 1. The third-order valence-corrected chi connectivity index (χ3v) is 1.51. The van der Waals surface area contributed by atoms with Gasteiger partial charge >= 0.3 is 0 Å². The number of nitrogens with zero attached hydrogens (tertiary/aromatic N) is 1. The molecule has 1 amide bonds. The van der Waals surface area contributed by atoms with Crippen molar-refractivity contribution in [3.8, 4) is 0 Å². The molecule has 0 saturated carbocycles. The lowest BCUT2D eigenvalue weighted by molar-refractivity contribution is -0.108. The van der Waals surface area contributed by atoms with Crippen molar-refractivity contribution in [2.75, 3.05) is 0 Å². The summed E-state index contributed by atoms with van der Waals surface area (Å²) in [6.45, 7) is 0. The summed E-state index contributed by atoms with van der Waals surface area (Å²) in [7, 11) is 0. The number of nitrogens with one attached hydrogen (secondary N) is 1. The predicted molar refractivity (Wildman–Crippen MR) is 56.1 cm³/mol. The summed E-state index contributed by atoms with van der Waals surface area (Å²) in [4.78, 5) is 14.2. The van der Waals surface area contributed by atoms with Crippen molar-refractivity contribution in [2.24, 2.45) is 10.7 Å². The minimum Gasteiger partial charge on any atom is -0.403 e. The first-order valence-corrected chi connectivity index (χ1v) is 4.08. The number of hydrogen-bond donors (Lipinski definition) is 2. The van der Waals surface area contributed by atoms with Crippen molar-refractivity contribution < 1.29 is 4.79 Å². The van der Waals surface area contributed by atoms with E-state index in [0.717, 1.165) is 5.69 Å². The molecule has 1 rings (SSSR count). The molecule has 1 aromatic rings. The third-order valence-electron chi connectivity index (χ3n) is 1.51. The predicted octanol–water partition coefficient (Wildman–Crippen LogP) is 0.935. The van der Waals surface area contributed by atoms with Gasteiger partial charge < -0.3 is 11.1 Å². The molecule has 0 aliphatic rings. The Morgan fingerprint density at radius 3 is 2.64 bits per heavy atom. The molecule has 72 valence electrons. The number of para-hydroxylation sites is 1. The van der Waals surface area contributed by atoms with Crippen LogP contribution in [0.3, 0.4) is 0 Å². The first-order chi connectivity index (χ1) is 6.86. The van der Waals surface area contributed by atoms with E-state index in [4.69, 9.17) is 5.73 Å². The van der Waals surface area contributed by atoms with E-state index in [-0.39, 0.29) is 0 Å². The van der Waals surface area contributed by atoms with Crippen molar-refractivity contribution in [3.05, 3.63) is 42.2 Å². The molecule has 0 unspecified atom stereocenters. The van der Waals surface area contributed by atoms with Crippen LogP contribution < -0.4 is 11.1 Å². The van der Waals surface area contributed by atoms with E-state index in [2.05, 4.69) is 10.3 Å². The van der Waals surface area contributed by atoms with E-state index in [1.807, 2.05) is 30.3 Å². The molecule has 0 bridgehead atoms. The van der Waals surface area contributed by atoms with E-state index < -0.39 is 0 Å². The molecule has 0 radical (unpaired) electrons. The lowest BCUT2D eigenvalue weighted by Crippen LogP contribution is -2.12. The maximum atomic E-state index is 10.1. The number of hydrogen-bond acceptors (Lipinski definition) is 3. The Morgan fingerprint density at radius 1 is 1.36 bits per heavy atom. The number of aliphatic imine (C=N–C) groups is 1. The van der Waals surface area contributed by atoms with Gasteiger partial charge in [-0.25, -0.2) is 0 Å². The summed E-state index contributed by atoms with van der Waals surface area (Å²) in [6.07, 6.45) is 3.32. The fourth-order valence-electron chi connectivity index (χ4n) is 0.855. The normalized spacial score (nSPS) is 11.6. The van der Waals surface area contributed by atoms with Gasteiger partial charge in [0.05, 0.1) is 17.6 Å². The molecule has 1 aromatic carbocycles. The summed E-state index contributed by atoms with van der Waals surface area (Å²) >= 11 is 0. The molecule has 0 atom stereocenters. The van der Waals surface area contributed by atoms with E-state index in [1.165, 1.54) is 12.4 Å². The number of amides is 1. The van der Waals surface area contributed by atoms with Crippen LogP contribution in [0.2, 0.25) is 0 Å². The largest absolute Gasteiger partial charge is 0.403 e. The second-order valence-electron chi connectivity index (χ2n) is 2.48. The molecule has 0 aliphatic carbocycles. The third kappa shape index (κ3) is 3.10. The van der Waals surface area contributed by atoms with Crippen LogP contribution in [0.1, 0.15) is 0 Å². The van der Waals surface area contributed by atoms with Crippen LogP contribution in [0, 0.1) is 0 Å². The SMILES string of the molecule is NC=C(C=Nc1ccccc1)NC=O. The zero-order valence-corrected chi connectivity index (χ0v) is 7.55. The Balaban J connectivity index is 2.68. The highest BCUT2D eigenvalue weighted by atomic mass is 16.1. The Hall–Kier alpha value is -2.10. The van der Waals surface area contributed by atoms with Crippen LogP contribution in [0.5, 0.6) is 0 Å². The highest BCUT2D eigenvalue weighted by Crippen LogP contribution is 2.08. The number of nitrogens with two attached hydrogens (primary N) is 1. The van der Waals surface area contributed by atoms with Crippen molar-refractivity contribution in [2.45, 2.75) is 0 Å². The summed E-state index contributed by atoms with van der Waals surface area (Å²) in [6, 6.07) is 9.37. The van der Waals surface area contributed by atoms with Crippen LogP contribution in [0.25, 0.3) is 0 Å². The molecular formula is C10H11N3O. The zero-order chi connectivity index (χ0) is 10.2. The second kappa shape index (κ2) is 5.53. The minimum atomic E-state index is 0.462. The smallest absolute Gasteiger partial charge is 0.211 e. The highest BCUT2D eigenvalue weighted by molar-refractivity contribution is 5.83. The first-order valence-electron chi connectivity index (χ1n) is 4.08. The Morgan fingerprint density at radius 2 is 2.07 bits per heavy atom. The Kier molecular flexibility index (Phi) is 3.94. The molecule has 0 aliphatic heterocycles. The molecule has 4 nitrogen and oxygen atoms in total. The summed E-state index contributed by atoms with van der Waals surface area (Å²) < 4.78 is 0. The zero-order valence-electron chi connectivity index (χ0n) is 7.55. The molecule has 0 saturated heterocycles. The maximum absolute atomic E-state index is 10.1. The van der Waals surface area contributed by atoms with Crippen molar-refractivity contribution in [1.82, 2.24) is 5.32 Å². The van der Waals surface area contributed by atoms with Gasteiger partial charge in [0.15, 0.2) is 0 Å². The lowest BCUT2D eigenvalue weighted by Gasteiger charge is -1.96. The highest BCUT2D eigenvalue weighted by Gasteiger charge is 1.88. The van der Waals surface area contributed by atoms with Crippen LogP contribution in [0.4, 0.5) is 5.69 Å². The summed E-state index contributed by atoms with van der Waals surface area (Å²) in [5, 5.41) is 2.41. The maximum Gasteiger partial charge on any atom is 0.211 e. The van der Waals surface area contributed by atoms with Crippen molar-refractivity contribution >= 4 is 18.3 Å². The Bertz CT molecular complexity index is 344. The molecular weight excluding hydrogens is 178 g/mol. The van der Waals surface area contributed by atoms with E-state index in [0.29, 0.717) is 12.1 Å². The van der Waals surface area contributed by atoms with Gasteiger partial charge in [-0.1, -0.05) is 18.2 Å². The number of carbonyl (C=O) groups excluding carboxylic acids is 1. The monoisotopic (exact) mass is 189 g/mol. The fourth-order valence-corrected chi connectivity index (χ4v) is 0.855. The van der Waals surface area contributed by atoms with Crippen molar-refractivity contribution in [1.29, 1.82) is 0 Å². The average Bonchev–Trinajstić information content (AvgIpc) is 2.25. The van der Waals surface area contributed by atoms with Crippen LogP contribution in [-0.4, -0.2) is 12.6 Å². The first kappa shape index (κ1) is 9.98. The summed E-state index contributed by atoms with van der Waals surface area (Å²) in [5.41, 5.74) is 6.52. The van der Waals surface area contributed by atoms with Gasteiger partial charge in [0.25, 0.3) is 0 Å². The number of benzene rings is 1. The van der Waals surface area contributed by atoms with Gasteiger partial charge in [-0.15, -0.1) is 0 Å². The number of rotatable bonds is 4. The topological polar surface area (TPSA) is 67.5 Å². The van der Waals surface area contributed by atoms with E-state index in [1.54, 1.807) is 0 Å². The molecule has 0 heterocycles. The molecule has 0 fully saturated rings. The van der Waals surface area contributed by atoms with Gasteiger partial charge in [0.1, 0.15) is 0 Å². The van der Waals surface area contributed by atoms with Crippen molar-refractivity contribution in [3.63, 3.8) is 0 Å². The van der Waals surface area contributed by atoms with Crippen LogP contribution in [-0.2, 0) is 4.79 Å². The standard InChI is InChI=1S/C10H11N3O/c11-6-10(13-8-14)7-12-9-4-2-1-3-5-9/h1-8H,11H2,(H,13,14). The second-order valence-corrected chi connectivity index (χ2v) is 2.48. The minimum absolute atomic E-state index is 0.462. The molecule has 14 heavy (non-hydrogen) atoms. The molecule has 0 aromatic heterocycles. The number of carbonyl (C=O) groups is 1. The Labute approximate surface area is 82.1 Å². The lowest BCUT2D eigenvalue weighted by atomic mass is 10.3. The molecule has 0 spiro atoms. The summed E-state index contributed by atoms with van der Waals surface area (Å²) in [5.74, 6) is 0. The van der Waals surface area contributed by atoms with Gasteiger partial charge in [0.2, 0.25) is 6.41 Å². The van der Waals surface area contributed by atoms with E-state index >= 15 is 0 Å². The van der Waals surface area contributed by atoms with Gasteiger partial charge in [-0.05, 0) is 12.1 Å². The van der Waals surface area contributed by atoms with E-state index in [9.17, 15) is 4.79 Å². The van der Waals surface area contributed by atoms with Crippen LogP contribution in [0.15, 0.2) is 47.2 Å². The van der Waals surface area contributed by atoms with Gasteiger partial charge in [-0.2, -0.15) is 0 Å². The average molecular weight is 189 g/mol. The van der Waals surface area contributed by atoms with Gasteiger partial charge in [-0.3, -0.25) is 9.79 Å². The fraction of sp³-hybridized carbons (Fsp3) is 0. The van der Waals surface area contributed by atoms with Crippen LogP contribution >= 0.6 is 0 Å². The molecule has 3 N–H and O–H groups in total. The molecule has 4 heteroatoms. The quantitative estimate of drug-likeness (QED) is 0.546.